The van der Waals surface area contributed by atoms with E-state index in [4.69, 9.17) is 5.73 Å². The molecule has 3 heteroatoms. The van der Waals surface area contributed by atoms with Crippen LogP contribution in [0.5, 0.6) is 0 Å². The summed E-state index contributed by atoms with van der Waals surface area (Å²) in [4.78, 5) is 0. The number of rotatable bonds is 3. The van der Waals surface area contributed by atoms with E-state index in [1.807, 2.05) is 0 Å². The molecule has 1 unspecified atom stereocenters. The summed E-state index contributed by atoms with van der Waals surface area (Å²) in [5.41, 5.74) is 5.92. The van der Waals surface area contributed by atoms with Crippen LogP contribution < -0.4 is 5.73 Å². The summed E-state index contributed by atoms with van der Waals surface area (Å²) < 4.78 is 13.8. The van der Waals surface area contributed by atoms with E-state index in [1.165, 1.54) is 6.07 Å². The Kier molecular flexibility index (Phi) is 4.03. The molecule has 1 aromatic rings. The number of hydrogen-bond donors (Lipinski definition) is 2. The van der Waals surface area contributed by atoms with E-state index < -0.39 is 6.10 Å². The Morgan fingerprint density at radius 3 is 2.56 bits per heavy atom. The molecule has 2 rings (SSSR count). The van der Waals surface area contributed by atoms with Crippen molar-refractivity contribution in [1.82, 2.24) is 0 Å². The Labute approximate surface area is 108 Å². The minimum atomic E-state index is -0.795. The zero-order chi connectivity index (χ0) is 13.2. The predicted molar refractivity (Wildman–Crippen MR) is 70.5 cm³/mol. The lowest BCUT2D eigenvalue weighted by Crippen LogP contribution is -2.40. The van der Waals surface area contributed by atoms with Crippen molar-refractivity contribution in [3.05, 3.63) is 35.6 Å². The van der Waals surface area contributed by atoms with Gasteiger partial charge in [0.25, 0.3) is 0 Å². The topological polar surface area (TPSA) is 46.2 Å². The van der Waals surface area contributed by atoms with E-state index in [0.717, 1.165) is 25.7 Å². The molecule has 0 aliphatic heterocycles. The van der Waals surface area contributed by atoms with E-state index in [0.29, 0.717) is 18.0 Å². The van der Waals surface area contributed by atoms with Crippen LogP contribution in [0.2, 0.25) is 0 Å². The van der Waals surface area contributed by atoms with Gasteiger partial charge in [0.1, 0.15) is 5.82 Å². The Bertz CT molecular complexity index is 399. The fourth-order valence-electron chi connectivity index (χ4n) is 2.95. The van der Waals surface area contributed by atoms with Gasteiger partial charge in [0.05, 0.1) is 6.10 Å². The van der Waals surface area contributed by atoms with Gasteiger partial charge in [-0.3, -0.25) is 0 Å². The molecular weight excluding hydrogens is 229 g/mol. The van der Waals surface area contributed by atoms with Crippen LogP contribution in [0, 0.1) is 17.2 Å². The molecule has 1 aromatic carbocycles. The van der Waals surface area contributed by atoms with Gasteiger partial charge in [0.2, 0.25) is 0 Å². The summed E-state index contributed by atoms with van der Waals surface area (Å²) >= 11 is 0. The molecule has 1 aliphatic rings. The van der Waals surface area contributed by atoms with Crippen LogP contribution >= 0.6 is 0 Å². The van der Waals surface area contributed by atoms with Crippen LogP contribution in [0.3, 0.4) is 0 Å². The number of aliphatic hydroxyl groups is 1. The van der Waals surface area contributed by atoms with Crippen LogP contribution in [0.4, 0.5) is 4.39 Å². The Morgan fingerprint density at radius 2 is 2.00 bits per heavy atom. The molecule has 3 N–H and O–H groups in total. The Morgan fingerprint density at radius 1 is 1.39 bits per heavy atom. The summed E-state index contributed by atoms with van der Waals surface area (Å²) in [7, 11) is 0. The maximum absolute atomic E-state index is 13.8. The van der Waals surface area contributed by atoms with E-state index >= 15 is 0 Å². The van der Waals surface area contributed by atoms with E-state index in [2.05, 4.69) is 6.92 Å². The standard InChI is InChI=1S/C15H22FNO/c1-11-6-8-15(10-17,9-7-11)14(18)12-4-2-3-5-13(12)16/h2-5,11,14,18H,6-10,17H2,1H3. The Hall–Kier alpha value is -0.930. The molecule has 1 aliphatic carbocycles. The number of benzene rings is 1. The molecule has 1 atom stereocenters. The first-order chi connectivity index (χ1) is 8.59. The molecule has 18 heavy (non-hydrogen) atoms. The van der Waals surface area contributed by atoms with Crippen molar-refractivity contribution in [3.8, 4) is 0 Å². The van der Waals surface area contributed by atoms with E-state index in [-0.39, 0.29) is 11.2 Å². The van der Waals surface area contributed by atoms with Gasteiger partial charge in [0, 0.05) is 17.5 Å². The number of nitrogens with two attached hydrogens (primary N) is 1. The van der Waals surface area contributed by atoms with E-state index in [1.54, 1.807) is 18.2 Å². The van der Waals surface area contributed by atoms with Gasteiger partial charge in [-0.1, -0.05) is 38.0 Å². The number of halogens is 1. The van der Waals surface area contributed by atoms with Crippen molar-refractivity contribution in [2.75, 3.05) is 6.54 Å². The van der Waals surface area contributed by atoms with Crippen molar-refractivity contribution < 1.29 is 9.50 Å². The van der Waals surface area contributed by atoms with Crippen molar-refractivity contribution in [1.29, 1.82) is 0 Å². The van der Waals surface area contributed by atoms with Gasteiger partial charge in [-0.25, -0.2) is 4.39 Å². The van der Waals surface area contributed by atoms with Crippen molar-refractivity contribution in [2.45, 2.75) is 38.7 Å². The zero-order valence-corrected chi connectivity index (χ0v) is 10.9. The van der Waals surface area contributed by atoms with Gasteiger partial charge in [0.15, 0.2) is 0 Å². The van der Waals surface area contributed by atoms with Crippen LogP contribution in [-0.2, 0) is 0 Å². The molecule has 0 radical (unpaired) electrons. The average molecular weight is 251 g/mol. The first-order valence-corrected chi connectivity index (χ1v) is 6.71. The highest BCUT2D eigenvalue weighted by molar-refractivity contribution is 5.22. The monoisotopic (exact) mass is 251 g/mol. The lowest BCUT2D eigenvalue weighted by molar-refractivity contribution is -0.0102. The smallest absolute Gasteiger partial charge is 0.129 e. The highest BCUT2D eigenvalue weighted by atomic mass is 19.1. The molecule has 0 heterocycles. The molecule has 0 amide bonds. The van der Waals surface area contributed by atoms with Crippen LogP contribution in [-0.4, -0.2) is 11.7 Å². The molecule has 0 aromatic heterocycles. The summed E-state index contributed by atoms with van der Waals surface area (Å²) in [6.45, 7) is 2.63. The quantitative estimate of drug-likeness (QED) is 0.867. The third kappa shape index (κ3) is 2.43. The lowest BCUT2D eigenvalue weighted by Gasteiger charge is -2.42. The highest BCUT2D eigenvalue weighted by Crippen LogP contribution is 2.47. The normalized spacial score (nSPS) is 30.1. The van der Waals surface area contributed by atoms with E-state index in [9.17, 15) is 9.50 Å². The minimum absolute atomic E-state index is 0.337. The summed E-state index contributed by atoms with van der Waals surface area (Å²) in [6, 6.07) is 6.46. The van der Waals surface area contributed by atoms with Crippen molar-refractivity contribution in [3.63, 3.8) is 0 Å². The highest BCUT2D eigenvalue weighted by Gasteiger charge is 2.40. The number of aliphatic hydroxyl groups excluding tert-OH is 1. The van der Waals surface area contributed by atoms with Crippen LogP contribution in [0.15, 0.2) is 24.3 Å². The largest absolute Gasteiger partial charge is 0.388 e. The first kappa shape index (κ1) is 13.5. The van der Waals surface area contributed by atoms with Crippen LogP contribution in [0.25, 0.3) is 0 Å². The second kappa shape index (κ2) is 5.37. The molecule has 1 saturated carbocycles. The van der Waals surface area contributed by atoms with Gasteiger partial charge in [-0.15, -0.1) is 0 Å². The average Bonchev–Trinajstić information content (AvgIpc) is 2.40. The molecule has 0 bridgehead atoms. The first-order valence-electron chi connectivity index (χ1n) is 6.71. The fraction of sp³-hybridized carbons (Fsp3) is 0.600. The minimum Gasteiger partial charge on any atom is -0.388 e. The second-order valence-corrected chi connectivity index (χ2v) is 5.67. The number of hydrogen-bond acceptors (Lipinski definition) is 2. The molecule has 0 saturated heterocycles. The molecule has 100 valence electrons. The third-order valence-electron chi connectivity index (χ3n) is 4.46. The second-order valence-electron chi connectivity index (χ2n) is 5.67. The van der Waals surface area contributed by atoms with Gasteiger partial charge < -0.3 is 10.8 Å². The van der Waals surface area contributed by atoms with Gasteiger partial charge in [-0.2, -0.15) is 0 Å². The lowest BCUT2D eigenvalue weighted by atomic mass is 9.66. The maximum Gasteiger partial charge on any atom is 0.129 e. The third-order valence-corrected chi connectivity index (χ3v) is 4.46. The molecular formula is C15H22FNO. The fourth-order valence-corrected chi connectivity index (χ4v) is 2.95. The summed E-state index contributed by atoms with van der Waals surface area (Å²) in [6.07, 6.45) is 3.07. The zero-order valence-electron chi connectivity index (χ0n) is 10.9. The van der Waals surface area contributed by atoms with Crippen molar-refractivity contribution >= 4 is 0 Å². The summed E-state index contributed by atoms with van der Waals surface area (Å²) in [5.74, 6) is 0.342. The Balaban J connectivity index is 2.25. The molecule has 0 spiro atoms. The van der Waals surface area contributed by atoms with Gasteiger partial charge >= 0.3 is 0 Å². The molecule has 1 fully saturated rings. The predicted octanol–water partition coefficient (Wildman–Crippen LogP) is 3.01. The summed E-state index contributed by atoms with van der Waals surface area (Å²) in [5, 5.41) is 10.5. The van der Waals surface area contributed by atoms with Gasteiger partial charge in [-0.05, 0) is 24.8 Å². The maximum atomic E-state index is 13.8. The van der Waals surface area contributed by atoms with Crippen molar-refractivity contribution in [2.24, 2.45) is 17.1 Å². The SMILES string of the molecule is CC1CCC(CN)(C(O)c2ccccc2F)CC1. The van der Waals surface area contributed by atoms with Crippen LogP contribution in [0.1, 0.15) is 44.3 Å². The molecule has 2 nitrogen and oxygen atoms in total.